The second-order valence-electron chi connectivity index (χ2n) is 6.43. The number of nitrogens with zero attached hydrogens (tertiary/aromatic N) is 3. The van der Waals surface area contributed by atoms with E-state index >= 15 is 0 Å². The Kier molecular flexibility index (Phi) is 5.27. The highest BCUT2D eigenvalue weighted by atomic mass is 16.2. The van der Waals surface area contributed by atoms with Gasteiger partial charge in [0, 0.05) is 32.0 Å². The third-order valence-corrected chi connectivity index (χ3v) is 4.57. The van der Waals surface area contributed by atoms with E-state index in [1.54, 1.807) is 0 Å². The first-order chi connectivity index (χ1) is 11.7. The van der Waals surface area contributed by atoms with Crippen molar-refractivity contribution in [3.05, 3.63) is 11.9 Å². The summed E-state index contributed by atoms with van der Waals surface area (Å²) in [6, 6.07) is 1.51. The lowest BCUT2D eigenvalue weighted by Gasteiger charge is -2.25. The predicted molar refractivity (Wildman–Crippen MR) is 91.9 cm³/mol. The Bertz CT molecular complexity index is 611. The van der Waals surface area contributed by atoms with Crippen LogP contribution in [0.5, 0.6) is 0 Å². The molecule has 1 unspecified atom stereocenters. The van der Waals surface area contributed by atoms with E-state index in [1.165, 1.54) is 25.7 Å². The molecule has 2 amide bonds. The van der Waals surface area contributed by atoms with Gasteiger partial charge in [-0.2, -0.15) is 0 Å². The second kappa shape index (κ2) is 7.59. The molecule has 0 aliphatic carbocycles. The summed E-state index contributed by atoms with van der Waals surface area (Å²) in [5.74, 6) is 1.88. The molecule has 0 aromatic carbocycles. The highest BCUT2D eigenvalue weighted by Crippen LogP contribution is 2.21. The molecular formula is C17H25N5O2. The van der Waals surface area contributed by atoms with Crippen molar-refractivity contribution in [2.24, 2.45) is 0 Å². The maximum absolute atomic E-state index is 11.9. The van der Waals surface area contributed by atoms with Crippen LogP contribution in [-0.2, 0) is 16.0 Å². The number of aromatic nitrogens is 2. The lowest BCUT2D eigenvalue weighted by molar-refractivity contribution is -0.133. The number of carbonyl (C=O) groups is 2. The van der Waals surface area contributed by atoms with Gasteiger partial charge in [-0.05, 0) is 19.3 Å². The predicted octanol–water partition coefficient (Wildman–Crippen LogP) is 1.64. The summed E-state index contributed by atoms with van der Waals surface area (Å²) in [6.45, 7) is 4.05. The third kappa shape index (κ3) is 4.01. The van der Waals surface area contributed by atoms with E-state index in [4.69, 9.17) is 0 Å². The molecule has 3 heterocycles. The van der Waals surface area contributed by atoms with Gasteiger partial charge in [0.15, 0.2) is 0 Å². The lowest BCUT2D eigenvalue weighted by Crippen LogP contribution is -2.47. The number of hydrogen-bond acceptors (Lipinski definition) is 6. The molecule has 2 aliphatic heterocycles. The van der Waals surface area contributed by atoms with Crippen LogP contribution in [0.4, 0.5) is 11.6 Å². The largest absolute Gasteiger partial charge is 0.358 e. The van der Waals surface area contributed by atoms with Crippen molar-refractivity contribution in [1.82, 2.24) is 15.3 Å². The van der Waals surface area contributed by atoms with Gasteiger partial charge in [-0.1, -0.05) is 19.8 Å². The number of carbonyl (C=O) groups excluding carboxylic acids is 2. The van der Waals surface area contributed by atoms with Crippen molar-refractivity contribution in [3.63, 3.8) is 0 Å². The SMILES string of the molecule is CCc1nc(NC2CCC(=O)NC2=O)cc(N2CCCCCC2)n1. The zero-order valence-electron chi connectivity index (χ0n) is 14.2. The minimum absolute atomic E-state index is 0.208. The maximum Gasteiger partial charge on any atom is 0.249 e. The van der Waals surface area contributed by atoms with Crippen LogP contribution >= 0.6 is 0 Å². The molecule has 130 valence electrons. The number of anilines is 2. The van der Waals surface area contributed by atoms with Crippen molar-refractivity contribution in [2.45, 2.75) is 57.9 Å². The topological polar surface area (TPSA) is 87.2 Å². The summed E-state index contributed by atoms with van der Waals surface area (Å²) >= 11 is 0. The Labute approximate surface area is 142 Å². The van der Waals surface area contributed by atoms with Gasteiger partial charge >= 0.3 is 0 Å². The third-order valence-electron chi connectivity index (χ3n) is 4.57. The Morgan fingerprint density at radius 1 is 1.21 bits per heavy atom. The van der Waals surface area contributed by atoms with Crippen molar-refractivity contribution < 1.29 is 9.59 Å². The normalized spacial score (nSPS) is 22.0. The van der Waals surface area contributed by atoms with Gasteiger partial charge in [0.25, 0.3) is 0 Å². The van der Waals surface area contributed by atoms with Gasteiger partial charge in [-0.3, -0.25) is 14.9 Å². The fourth-order valence-corrected chi connectivity index (χ4v) is 3.19. The van der Waals surface area contributed by atoms with Crippen LogP contribution in [0, 0.1) is 0 Å². The van der Waals surface area contributed by atoms with E-state index < -0.39 is 6.04 Å². The Morgan fingerprint density at radius 2 is 1.96 bits per heavy atom. The molecule has 24 heavy (non-hydrogen) atoms. The number of nitrogens with one attached hydrogen (secondary N) is 2. The summed E-state index contributed by atoms with van der Waals surface area (Å²) < 4.78 is 0. The summed E-state index contributed by atoms with van der Waals surface area (Å²) in [5.41, 5.74) is 0. The molecule has 7 heteroatoms. The summed E-state index contributed by atoms with van der Waals surface area (Å²) in [4.78, 5) is 34.7. The average molecular weight is 331 g/mol. The molecule has 2 saturated heterocycles. The van der Waals surface area contributed by atoms with Crippen molar-refractivity contribution in [1.29, 1.82) is 0 Å². The minimum atomic E-state index is -0.417. The van der Waals surface area contributed by atoms with E-state index in [1.807, 2.05) is 13.0 Å². The summed E-state index contributed by atoms with van der Waals surface area (Å²) in [7, 11) is 0. The van der Waals surface area contributed by atoms with Crippen LogP contribution in [-0.4, -0.2) is 40.9 Å². The van der Waals surface area contributed by atoms with Gasteiger partial charge in [-0.15, -0.1) is 0 Å². The fourth-order valence-electron chi connectivity index (χ4n) is 3.19. The van der Waals surface area contributed by atoms with Crippen molar-refractivity contribution >= 4 is 23.5 Å². The molecular weight excluding hydrogens is 306 g/mol. The van der Waals surface area contributed by atoms with Gasteiger partial charge in [0.2, 0.25) is 11.8 Å². The van der Waals surface area contributed by atoms with Crippen LogP contribution in [0.2, 0.25) is 0 Å². The monoisotopic (exact) mass is 331 g/mol. The van der Waals surface area contributed by atoms with Gasteiger partial charge in [0.1, 0.15) is 23.5 Å². The first-order valence-electron chi connectivity index (χ1n) is 8.89. The summed E-state index contributed by atoms with van der Waals surface area (Å²) in [6.07, 6.45) is 6.49. The van der Waals surface area contributed by atoms with Crippen molar-refractivity contribution in [2.75, 3.05) is 23.3 Å². The first kappa shape index (κ1) is 16.7. The second-order valence-corrected chi connectivity index (χ2v) is 6.43. The maximum atomic E-state index is 11.9. The zero-order valence-corrected chi connectivity index (χ0v) is 14.2. The standard InChI is InChI=1S/C17H25N5O2/c1-2-13-19-14(18-12-7-8-16(23)21-17(12)24)11-15(20-13)22-9-5-3-4-6-10-22/h11-12H,2-10H2,1H3,(H,18,19,20)(H,21,23,24). The fraction of sp³-hybridized carbons (Fsp3) is 0.647. The van der Waals surface area contributed by atoms with Crippen LogP contribution < -0.4 is 15.5 Å². The highest BCUT2D eigenvalue weighted by molar-refractivity contribution is 6.01. The smallest absolute Gasteiger partial charge is 0.249 e. The van der Waals surface area contributed by atoms with Crippen LogP contribution in [0.3, 0.4) is 0 Å². The number of amides is 2. The van der Waals surface area contributed by atoms with E-state index in [-0.39, 0.29) is 11.8 Å². The summed E-state index contributed by atoms with van der Waals surface area (Å²) in [5, 5.41) is 5.55. The Hall–Kier alpha value is -2.18. The van der Waals surface area contributed by atoms with E-state index in [0.29, 0.717) is 18.7 Å². The molecule has 0 saturated carbocycles. The first-order valence-corrected chi connectivity index (χ1v) is 8.89. The number of piperidine rings is 1. The molecule has 2 aliphatic rings. The minimum Gasteiger partial charge on any atom is -0.358 e. The van der Waals surface area contributed by atoms with E-state index in [9.17, 15) is 9.59 Å². The Morgan fingerprint density at radius 3 is 2.62 bits per heavy atom. The number of rotatable bonds is 4. The molecule has 1 aromatic heterocycles. The zero-order chi connectivity index (χ0) is 16.9. The van der Waals surface area contributed by atoms with Gasteiger partial charge < -0.3 is 10.2 Å². The van der Waals surface area contributed by atoms with Gasteiger partial charge in [0.05, 0.1) is 0 Å². The molecule has 2 N–H and O–H groups in total. The Balaban J connectivity index is 1.78. The molecule has 0 bridgehead atoms. The molecule has 0 radical (unpaired) electrons. The molecule has 7 nitrogen and oxygen atoms in total. The van der Waals surface area contributed by atoms with Crippen LogP contribution in [0.25, 0.3) is 0 Å². The highest BCUT2D eigenvalue weighted by Gasteiger charge is 2.27. The molecule has 0 spiro atoms. The number of aryl methyl sites for hydroxylation is 1. The van der Waals surface area contributed by atoms with Gasteiger partial charge in [-0.25, -0.2) is 9.97 Å². The number of imide groups is 1. The van der Waals surface area contributed by atoms with Crippen LogP contribution in [0.1, 0.15) is 51.3 Å². The quantitative estimate of drug-likeness (QED) is 0.816. The van der Waals surface area contributed by atoms with E-state index in [2.05, 4.69) is 25.5 Å². The van der Waals surface area contributed by atoms with Crippen molar-refractivity contribution in [3.8, 4) is 0 Å². The lowest BCUT2D eigenvalue weighted by atomic mass is 10.1. The molecule has 3 rings (SSSR count). The van der Waals surface area contributed by atoms with E-state index in [0.717, 1.165) is 31.2 Å². The molecule has 2 fully saturated rings. The van der Waals surface area contributed by atoms with Crippen LogP contribution in [0.15, 0.2) is 6.07 Å². The molecule has 1 aromatic rings. The average Bonchev–Trinajstić information content (AvgIpc) is 2.86. The number of hydrogen-bond donors (Lipinski definition) is 2. The molecule has 1 atom stereocenters.